The first-order valence-electron chi connectivity index (χ1n) is 7.32. The third kappa shape index (κ3) is 3.32. The van der Waals surface area contributed by atoms with Crippen molar-refractivity contribution in [2.75, 3.05) is 5.32 Å². The molecule has 1 amide bonds. The van der Waals surface area contributed by atoms with Crippen molar-refractivity contribution < 1.29 is 13.2 Å². The predicted octanol–water partition coefficient (Wildman–Crippen LogP) is 2.52. The summed E-state index contributed by atoms with van der Waals surface area (Å²) in [4.78, 5) is 15.7. The third-order valence-electron chi connectivity index (χ3n) is 3.82. The van der Waals surface area contributed by atoms with Crippen LogP contribution < -0.4 is 10.5 Å². The molecule has 2 aromatic carbocycles. The van der Waals surface area contributed by atoms with Gasteiger partial charge in [-0.2, -0.15) is 0 Å². The number of fused-ring (bicyclic) bond motifs is 1. The Kier molecular flexibility index (Phi) is 4.13. The fraction of sp³-hybridized carbons (Fsp3) is 0.118. The van der Waals surface area contributed by atoms with Crippen LogP contribution >= 0.6 is 0 Å². The van der Waals surface area contributed by atoms with Crippen LogP contribution in [-0.2, 0) is 15.8 Å². The molecule has 0 aliphatic rings. The maximum Gasteiger partial charge on any atom is 0.272 e. The van der Waals surface area contributed by atoms with Gasteiger partial charge in [-0.15, -0.1) is 0 Å². The number of aryl methyl sites for hydroxylation is 1. The van der Waals surface area contributed by atoms with E-state index in [1.54, 1.807) is 24.3 Å². The van der Waals surface area contributed by atoms with Crippen molar-refractivity contribution in [2.45, 2.75) is 12.7 Å². The van der Waals surface area contributed by atoms with Crippen molar-refractivity contribution in [3.8, 4) is 0 Å². The van der Waals surface area contributed by atoms with Gasteiger partial charge >= 0.3 is 0 Å². The summed E-state index contributed by atoms with van der Waals surface area (Å²) < 4.78 is 22.7. The minimum Gasteiger partial charge on any atom is -0.350 e. The van der Waals surface area contributed by atoms with Gasteiger partial charge in [0.25, 0.3) is 5.91 Å². The van der Waals surface area contributed by atoms with E-state index in [1.807, 2.05) is 31.2 Å². The van der Waals surface area contributed by atoms with E-state index in [-0.39, 0.29) is 11.7 Å². The smallest absolute Gasteiger partial charge is 0.272 e. The molecule has 24 heavy (non-hydrogen) atoms. The molecule has 124 valence electrons. The molecule has 0 fully saturated rings. The van der Waals surface area contributed by atoms with Crippen molar-refractivity contribution in [2.24, 2.45) is 5.14 Å². The SMILES string of the molecule is Cc1c(C(=O)Nc2ccccc2CS(N)(=O)=O)[nH]c2ccccc12. The largest absolute Gasteiger partial charge is 0.350 e. The quantitative estimate of drug-likeness (QED) is 0.678. The molecule has 6 nitrogen and oxygen atoms in total. The number of hydrogen-bond acceptors (Lipinski definition) is 3. The van der Waals surface area contributed by atoms with Crippen LogP contribution in [0.5, 0.6) is 0 Å². The summed E-state index contributed by atoms with van der Waals surface area (Å²) in [5.41, 5.74) is 3.03. The molecule has 0 saturated carbocycles. The van der Waals surface area contributed by atoms with Crippen LogP contribution in [0.15, 0.2) is 48.5 Å². The van der Waals surface area contributed by atoms with Gasteiger partial charge in [0.1, 0.15) is 5.69 Å². The average molecular weight is 343 g/mol. The van der Waals surface area contributed by atoms with E-state index in [4.69, 9.17) is 5.14 Å². The van der Waals surface area contributed by atoms with E-state index in [0.717, 1.165) is 16.5 Å². The number of H-pyrrole nitrogens is 1. The van der Waals surface area contributed by atoms with Gasteiger partial charge in [0, 0.05) is 16.6 Å². The molecule has 0 unspecified atom stereocenters. The minimum absolute atomic E-state index is 0.328. The topological polar surface area (TPSA) is 105 Å². The van der Waals surface area contributed by atoms with E-state index in [1.165, 1.54) is 0 Å². The maximum absolute atomic E-state index is 12.6. The lowest BCUT2D eigenvalue weighted by Crippen LogP contribution is -2.18. The number of benzene rings is 2. The third-order valence-corrected chi connectivity index (χ3v) is 4.53. The lowest BCUT2D eigenvalue weighted by Gasteiger charge is -2.10. The van der Waals surface area contributed by atoms with Gasteiger partial charge in [-0.3, -0.25) is 4.79 Å². The number of aromatic nitrogens is 1. The second kappa shape index (κ2) is 6.10. The van der Waals surface area contributed by atoms with Crippen molar-refractivity contribution >= 4 is 32.5 Å². The highest BCUT2D eigenvalue weighted by Crippen LogP contribution is 2.23. The number of primary sulfonamides is 1. The van der Waals surface area contributed by atoms with Gasteiger partial charge in [0.2, 0.25) is 10.0 Å². The van der Waals surface area contributed by atoms with Crippen LogP contribution in [0.4, 0.5) is 5.69 Å². The van der Waals surface area contributed by atoms with E-state index < -0.39 is 10.0 Å². The normalized spacial score (nSPS) is 11.6. The number of amides is 1. The van der Waals surface area contributed by atoms with Gasteiger partial charge in [-0.1, -0.05) is 36.4 Å². The Labute approximate surface area is 139 Å². The molecule has 0 saturated heterocycles. The number of rotatable bonds is 4. The van der Waals surface area contributed by atoms with Gasteiger partial charge < -0.3 is 10.3 Å². The summed E-state index contributed by atoms with van der Waals surface area (Å²) in [7, 11) is -3.69. The zero-order valence-electron chi connectivity index (χ0n) is 13.0. The monoisotopic (exact) mass is 343 g/mol. The number of carbonyl (C=O) groups excluding carboxylic acids is 1. The molecule has 0 aliphatic heterocycles. The van der Waals surface area contributed by atoms with Crippen LogP contribution in [0, 0.1) is 6.92 Å². The molecule has 0 bridgehead atoms. The zero-order valence-corrected chi connectivity index (χ0v) is 13.9. The number of nitrogens with one attached hydrogen (secondary N) is 2. The van der Waals surface area contributed by atoms with Gasteiger partial charge in [0.15, 0.2) is 0 Å². The Bertz CT molecular complexity index is 1020. The first-order chi connectivity index (χ1) is 11.3. The lowest BCUT2D eigenvalue weighted by atomic mass is 10.1. The summed E-state index contributed by atoms with van der Waals surface area (Å²) in [6.07, 6.45) is 0. The average Bonchev–Trinajstić information content (AvgIpc) is 2.85. The van der Waals surface area contributed by atoms with Crippen molar-refractivity contribution in [1.29, 1.82) is 0 Å². The lowest BCUT2D eigenvalue weighted by molar-refractivity contribution is 0.102. The van der Waals surface area contributed by atoms with Crippen molar-refractivity contribution in [3.05, 3.63) is 65.4 Å². The summed E-state index contributed by atoms with van der Waals surface area (Å²) in [5, 5.41) is 8.84. The van der Waals surface area contributed by atoms with Crippen LogP contribution in [0.1, 0.15) is 21.6 Å². The highest BCUT2D eigenvalue weighted by molar-refractivity contribution is 7.88. The summed E-state index contributed by atoms with van der Waals surface area (Å²) in [6.45, 7) is 1.87. The van der Waals surface area contributed by atoms with Crippen molar-refractivity contribution in [3.63, 3.8) is 0 Å². The van der Waals surface area contributed by atoms with Crippen molar-refractivity contribution in [1.82, 2.24) is 4.98 Å². The number of carbonyl (C=O) groups is 1. The molecule has 3 rings (SSSR count). The molecule has 4 N–H and O–H groups in total. The van der Waals surface area contributed by atoms with E-state index in [2.05, 4.69) is 10.3 Å². The van der Waals surface area contributed by atoms with E-state index in [0.29, 0.717) is 16.9 Å². The van der Waals surface area contributed by atoms with Gasteiger partial charge in [-0.25, -0.2) is 13.6 Å². The number of para-hydroxylation sites is 2. The molecular formula is C17H17N3O3S. The Morgan fingerprint density at radius 2 is 1.79 bits per heavy atom. The molecule has 0 spiro atoms. The highest BCUT2D eigenvalue weighted by Gasteiger charge is 2.17. The maximum atomic E-state index is 12.6. The predicted molar refractivity (Wildman–Crippen MR) is 94.2 cm³/mol. The van der Waals surface area contributed by atoms with Crippen LogP contribution in [0.25, 0.3) is 10.9 Å². The summed E-state index contributed by atoms with van der Waals surface area (Å²) >= 11 is 0. The second-order valence-electron chi connectivity index (χ2n) is 5.59. The second-order valence-corrected chi connectivity index (χ2v) is 7.20. The van der Waals surface area contributed by atoms with Crippen LogP contribution in [0.2, 0.25) is 0 Å². The Morgan fingerprint density at radius 3 is 2.50 bits per heavy atom. The number of hydrogen-bond donors (Lipinski definition) is 3. The number of anilines is 1. The molecule has 1 aromatic heterocycles. The fourth-order valence-electron chi connectivity index (χ4n) is 2.68. The first kappa shape index (κ1) is 16.2. The molecule has 7 heteroatoms. The number of sulfonamides is 1. The molecule has 0 aliphatic carbocycles. The molecule has 0 radical (unpaired) electrons. The Balaban J connectivity index is 1.94. The molecule has 3 aromatic rings. The Morgan fingerprint density at radius 1 is 1.12 bits per heavy atom. The highest BCUT2D eigenvalue weighted by atomic mass is 32.2. The number of aromatic amines is 1. The standard InChI is InChI=1S/C17H17N3O3S/c1-11-13-7-3-5-9-15(13)19-16(11)17(21)20-14-8-4-2-6-12(14)10-24(18,22)23/h2-9,19H,10H2,1H3,(H,20,21)(H2,18,22,23). The fourth-order valence-corrected chi connectivity index (χ4v) is 3.36. The number of nitrogens with two attached hydrogens (primary N) is 1. The Hall–Kier alpha value is -2.64. The molecular weight excluding hydrogens is 326 g/mol. The van der Waals surface area contributed by atoms with Crippen LogP contribution in [0.3, 0.4) is 0 Å². The zero-order chi connectivity index (χ0) is 17.3. The van der Waals surface area contributed by atoms with E-state index >= 15 is 0 Å². The van der Waals surface area contributed by atoms with Gasteiger partial charge in [0.05, 0.1) is 5.75 Å². The molecule has 0 atom stereocenters. The summed E-state index contributed by atoms with van der Waals surface area (Å²) in [5.74, 6) is -0.666. The van der Waals surface area contributed by atoms with E-state index in [9.17, 15) is 13.2 Å². The van der Waals surface area contributed by atoms with Crippen LogP contribution in [-0.4, -0.2) is 19.3 Å². The summed E-state index contributed by atoms with van der Waals surface area (Å²) in [6, 6.07) is 14.3. The molecule has 1 heterocycles. The first-order valence-corrected chi connectivity index (χ1v) is 9.04. The van der Waals surface area contributed by atoms with Gasteiger partial charge in [-0.05, 0) is 30.2 Å². The minimum atomic E-state index is -3.69.